The molecule has 0 aromatic heterocycles. The topological polar surface area (TPSA) is 36.0 Å². The van der Waals surface area contributed by atoms with Crippen molar-refractivity contribution in [1.29, 1.82) is 0 Å². The number of fused-ring (bicyclic) bond motifs is 2. The summed E-state index contributed by atoms with van der Waals surface area (Å²) in [6.07, 6.45) is 1.86. The Morgan fingerprint density at radius 2 is 1.92 bits per heavy atom. The van der Waals surface area contributed by atoms with E-state index in [9.17, 15) is 4.79 Å². The highest BCUT2D eigenvalue weighted by Gasteiger charge is 2.57. The fourth-order valence-electron chi connectivity index (χ4n) is 4.79. The van der Waals surface area contributed by atoms with E-state index in [1.165, 1.54) is 5.56 Å². The van der Waals surface area contributed by atoms with Gasteiger partial charge >= 0.3 is 0 Å². The van der Waals surface area contributed by atoms with E-state index in [2.05, 4.69) is 33.8 Å². The first-order valence-corrected chi connectivity index (χ1v) is 9.64. The Kier molecular flexibility index (Phi) is 4.75. The third-order valence-corrected chi connectivity index (χ3v) is 6.23. The lowest BCUT2D eigenvalue weighted by Gasteiger charge is -2.48. The lowest BCUT2D eigenvalue weighted by Crippen LogP contribution is -2.61. The molecule has 6 heteroatoms. The number of carbonyl (C=O) groups is 1. The van der Waals surface area contributed by atoms with E-state index in [1.807, 2.05) is 12.1 Å². The van der Waals surface area contributed by atoms with Crippen LogP contribution in [0.5, 0.6) is 0 Å². The number of nitrogens with zero attached hydrogens (tertiary/aromatic N) is 3. The molecule has 0 unspecified atom stereocenters. The van der Waals surface area contributed by atoms with Crippen LogP contribution in [0.3, 0.4) is 0 Å². The van der Waals surface area contributed by atoms with Gasteiger partial charge in [0.25, 0.3) is 0 Å². The van der Waals surface area contributed by atoms with Gasteiger partial charge in [0.15, 0.2) is 0 Å². The second-order valence-electron chi connectivity index (χ2n) is 7.25. The van der Waals surface area contributed by atoms with Crippen molar-refractivity contribution >= 4 is 17.5 Å². The first-order chi connectivity index (χ1) is 12.1. The van der Waals surface area contributed by atoms with Gasteiger partial charge in [-0.3, -0.25) is 14.6 Å². The van der Waals surface area contributed by atoms with Crippen molar-refractivity contribution in [2.45, 2.75) is 38.0 Å². The number of carbonyl (C=O) groups excluding carboxylic acids is 1. The molecule has 1 atom stereocenters. The summed E-state index contributed by atoms with van der Waals surface area (Å²) in [6.45, 7) is 8.00. The molecule has 1 aromatic carbocycles. The fraction of sp³-hybridized carbons (Fsp3) is 0.632. The molecular weight excluding hydrogens is 338 g/mol. The molecule has 0 bridgehead atoms. The number of benzene rings is 1. The lowest BCUT2D eigenvalue weighted by molar-refractivity contribution is -0.135. The SMILES string of the molecule is CCN1C(=O)[C@H]2CN(Cc3ccc(Cl)cc3)CCN2C12CCOCC2. The molecule has 25 heavy (non-hydrogen) atoms. The normalized spacial score (nSPS) is 27.0. The van der Waals surface area contributed by atoms with Crippen molar-refractivity contribution in [2.24, 2.45) is 0 Å². The standard InChI is InChI=1S/C19H26ClN3O2/c1-2-22-18(24)17-14-21(13-15-3-5-16(20)6-4-15)9-10-23(17)19(22)7-11-25-12-8-19/h3-6,17H,2,7-14H2,1H3/t17-/m1/s1. The summed E-state index contributed by atoms with van der Waals surface area (Å²) in [5, 5.41) is 0.764. The third-order valence-electron chi connectivity index (χ3n) is 5.98. The van der Waals surface area contributed by atoms with E-state index in [4.69, 9.17) is 16.3 Å². The van der Waals surface area contributed by atoms with Crippen molar-refractivity contribution in [1.82, 2.24) is 14.7 Å². The van der Waals surface area contributed by atoms with Gasteiger partial charge in [-0.1, -0.05) is 23.7 Å². The second-order valence-corrected chi connectivity index (χ2v) is 7.68. The Balaban J connectivity index is 1.51. The van der Waals surface area contributed by atoms with E-state index < -0.39 is 0 Å². The highest BCUT2D eigenvalue weighted by atomic mass is 35.5. The van der Waals surface area contributed by atoms with Crippen molar-refractivity contribution in [3.05, 3.63) is 34.9 Å². The Labute approximate surface area is 154 Å². The summed E-state index contributed by atoms with van der Waals surface area (Å²) in [5.74, 6) is 0.296. The summed E-state index contributed by atoms with van der Waals surface area (Å²) in [7, 11) is 0. The minimum absolute atomic E-state index is 0.0147. The zero-order valence-electron chi connectivity index (χ0n) is 14.8. The Morgan fingerprint density at radius 3 is 2.60 bits per heavy atom. The number of piperazine rings is 1. The minimum Gasteiger partial charge on any atom is -0.381 e. The van der Waals surface area contributed by atoms with Gasteiger partial charge in [-0.15, -0.1) is 0 Å². The van der Waals surface area contributed by atoms with Crippen LogP contribution in [0.2, 0.25) is 5.02 Å². The van der Waals surface area contributed by atoms with E-state index in [-0.39, 0.29) is 11.7 Å². The molecule has 1 spiro atoms. The van der Waals surface area contributed by atoms with Gasteiger partial charge in [-0.2, -0.15) is 0 Å². The predicted molar refractivity (Wildman–Crippen MR) is 97.4 cm³/mol. The van der Waals surface area contributed by atoms with Crippen LogP contribution < -0.4 is 0 Å². The first kappa shape index (κ1) is 17.3. The van der Waals surface area contributed by atoms with Gasteiger partial charge in [0.1, 0.15) is 11.7 Å². The number of halogens is 1. The van der Waals surface area contributed by atoms with E-state index in [0.717, 1.165) is 63.8 Å². The molecular formula is C19H26ClN3O2. The molecule has 136 valence electrons. The van der Waals surface area contributed by atoms with Crippen LogP contribution in [0.25, 0.3) is 0 Å². The average Bonchev–Trinajstić information content (AvgIpc) is 2.85. The van der Waals surface area contributed by atoms with Crippen LogP contribution in [-0.4, -0.2) is 71.7 Å². The Bertz CT molecular complexity index is 630. The Hall–Kier alpha value is -1.14. The number of rotatable bonds is 3. The molecule has 0 saturated carbocycles. The van der Waals surface area contributed by atoms with Crippen molar-refractivity contribution in [2.75, 3.05) is 39.4 Å². The van der Waals surface area contributed by atoms with Crippen LogP contribution in [0.4, 0.5) is 0 Å². The summed E-state index contributed by atoms with van der Waals surface area (Å²) in [6, 6.07) is 8.00. The first-order valence-electron chi connectivity index (χ1n) is 9.27. The summed E-state index contributed by atoms with van der Waals surface area (Å²) in [4.78, 5) is 20.1. The second kappa shape index (κ2) is 6.88. The zero-order chi connectivity index (χ0) is 17.4. The molecule has 4 rings (SSSR count). The molecule has 3 aliphatic heterocycles. The molecule has 0 aliphatic carbocycles. The summed E-state index contributed by atoms with van der Waals surface area (Å²) in [5.41, 5.74) is 1.14. The molecule has 3 saturated heterocycles. The smallest absolute Gasteiger partial charge is 0.242 e. The van der Waals surface area contributed by atoms with Crippen molar-refractivity contribution in [3.8, 4) is 0 Å². The minimum atomic E-state index is -0.110. The van der Waals surface area contributed by atoms with Crippen LogP contribution in [0, 0.1) is 0 Å². The average molecular weight is 364 g/mol. The van der Waals surface area contributed by atoms with Crippen molar-refractivity contribution < 1.29 is 9.53 Å². The molecule has 0 radical (unpaired) electrons. The number of amides is 1. The predicted octanol–water partition coefficient (Wildman–Crippen LogP) is 2.20. The highest BCUT2D eigenvalue weighted by molar-refractivity contribution is 6.30. The fourth-order valence-corrected chi connectivity index (χ4v) is 4.91. The molecule has 3 heterocycles. The molecule has 1 aromatic rings. The van der Waals surface area contributed by atoms with Gasteiger partial charge in [0.05, 0.1) is 13.2 Å². The van der Waals surface area contributed by atoms with E-state index in [0.29, 0.717) is 5.91 Å². The summed E-state index contributed by atoms with van der Waals surface area (Å²) >= 11 is 5.98. The lowest BCUT2D eigenvalue weighted by atomic mass is 9.96. The van der Waals surface area contributed by atoms with Gasteiger partial charge in [0.2, 0.25) is 5.91 Å². The number of hydrogen-bond donors (Lipinski definition) is 0. The van der Waals surface area contributed by atoms with Crippen LogP contribution in [-0.2, 0) is 16.1 Å². The zero-order valence-corrected chi connectivity index (χ0v) is 15.5. The van der Waals surface area contributed by atoms with Gasteiger partial charge in [-0.05, 0) is 24.6 Å². The molecule has 1 amide bonds. The van der Waals surface area contributed by atoms with Crippen LogP contribution in [0.15, 0.2) is 24.3 Å². The van der Waals surface area contributed by atoms with Gasteiger partial charge in [0, 0.05) is 50.6 Å². The number of hydrogen-bond acceptors (Lipinski definition) is 4. The Morgan fingerprint density at radius 1 is 1.20 bits per heavy atom. The largest absolute Gasteiger partial charge is 0.381 e. The van der Waals surface area contributed by atoms with Crippen LogP contribution in [0.1, 0.15) is 25.3 Å². The maximum Gasteiger partial charge on any atom is 0.242 e. The molecule has 3 fully saturated rings. The molecule has 0 N–H and O–H groups in total. The van der Waals surface area contributed by atoms with E-state index in [1.54, 1.807) is 0 Å². The van der Waals surface area contributed by atoms with E-state index >= 15 is 0 Å². The molecule has 3 aliphatic rings. The van der Waals surface area contributed by atoms with Gasteiger partial charge in [-0.25, -0.2) is 0 Å². The van der Waals surface area contributed by atoms with Gasteiger partial charge < -0.3 is 9.64 Å². The number of ether oxygens (including phenoxy) is 1. The highest BCUT2D eigenvalue weighted by Crippen LogP contribution is 2.41. The monoisotopic (exact) mass is 363 g/mol. The van der Waals surface area contributed by atoms with Crippen LogP contribution >= 0.6 is 11.6 Å². The summed E-state index contributed by atoms with van der Waals surface area (Å²) < 4.78 is 5.59. The third kappa shape index (κ3) is 2.97. The number of likely N-dealkylation sites (N-methyl/N-ethyl adjacent to an activating group) is 1. The maximum absolute atomic E-state index is 13.1. The molecule has 5 nitrogen and oxygen atoms in total. The van der Waals surface area contributed by atoms with Crippen molar-refractivity contribution in [3.63, 3.8) is 0 Å². The quantitative estimate of drug-likeness (QED) is 0.824. The maximum atomic E-state index is 13.1.